The molecule has 0 bridgehead atoms. The van der Waals surface area contributed by atoms with E-state index in [1.54, 1.807) is 0 Å². The molecule has 0 amide bonds. The minimum atomic E-state index is -4.67. The van der Waals surface area contributed by atoms with Crippen molar-refractivity contribution in [2.75, 3.05) is 5.32 Å². The molecular weight excluding hydrogens is 264 g/mol. The lowest BCUT2D eigenvalue weighted by Crippen LogP contribution is -2.41. The van der Waals surface area contributed by atoms with Crippen molar-refractivity contribution in [2.45, 2.75) is 37.8 Å². The molecule has 0 aromatic carbocycles. The molecule has 1 aliphatic rings. The van der Waals surface area contributed by atoms with Gasteiger partial charge in [0.15, 0.2) is 5.69 Å². The van der Waals surface area contributed by atoms with Gasteiger partial charge in [-0.15, -0.1) is 0 Å². The van der Waals surface area contributed by atoms with Crippen LogP contribution in [-0.4, -0.2) is 21.8 Å². The van der Waals surface area contributed by atoms with E-state index < -0.39 is 36.1 Å². The van der Waals surface area contributed by atoms with Gasteiger partial charge in [-0.2, -0.15) is 26.3 Å². The molecule has 0 saturated heterocycles. The third-order valence-electron chi connectivity index (χ3n) is 2.77. The highest BCUT2D eigenvalue weighted by Crippen LogP contribution is 2.37. The van der Waals surface area contributed by atoms with Crippen molar-refractivity contribution in [3.63, 3.8) is 0 Å². The molecule has 1 aliphatic heterocycles. The zero-order chi connectivity index (χ0) is 13.7. The van der Waals surface area contributed by atoms with E-state index in [1.165, 1.54) is 6.92 Å². The summed E-state index contributed by atoms with van der Waals surface area (Å²) in [5.41, 5.74) is -1.19. The van der Waals surface area contributed by atoms with Crippen LogP contribution >= 0.6 is 0 Å². The molecule has 2 unspecified atom stereocenters. The largest absolute Gasteiger partial charge is 0.434 e. The average Bonchev–Trinajstić information content (AvgIpc) is 2.59. The van der Waals surface area contributed by atoms with E-state index in [0.29, 0.717) is 0 Å². The second-order valence-electron chi connectivity index (χ2n) is 4.18. The fourth-order valence-electron chi connectivity index (χ4n) is 1.86. The third kappa shape index (κ3) is 2.25. The fraction of sp³-hybridized carbons (Fsp3) is 0.667. The highest BCUT2D eigenvalue weighted by Gasteiger charge is 2.45. The smallest absolute Gasteiger partial charge is 0.344 e. The first-order valence-corrected chi connectivity index (χ1v) is 5.08. The Labute approximate surface area is 97.8 Å². The number of hydrogen-bond acceptors (Lipinski definition) is 2. The molecule has 0 fully saturated rings. The molecule has 0 aliphatic carbocycles. The molecule has 2 heterocycles. The van der Waals surface area contributed by atoms with Gasteiger partial charge in [0.05, 0.1) is 0 Å². The van der Waals surface area contributed by atoms with Crippen LogP contribution in [0.5, 0.6) is 0 Å². The minimum Gasteiger partial charge on any atom is -0.344 e. The molecule has 2 rings (SSSR count). The highest BCUT2D eigenvalue weighted by atomic mass is 19.4. The summed E-state index contributed by atoms with van der Waals surface area (Å²) in [4.78, 5) is 3.16. The maximum atomic E-state index is 12.5. The van der Waals surface area contributed by atoms with Gasteiger partial charge in [-0.05, 0) is 13.3 Å². The molecule has 3 nitrogen and oxygen atoms in total. The molecule has 102 valence electrons. The first-order valence-electron chi connectivity index (χ1n) is 5.08. The van der Waals surface area contributed by atoms with Crippen LogP contribution in [0.15, 0.2) is 6.20 Å². The van der Waals surface area contributed by atoms with E-state index in [1.807, 2.05) is 5.32 Å². The molecule has 1 N–H and O–H groups in total. The summed E-state index contributed by atoms with van der Waals surface area (Å²) >= 11 is 0. The standard InChI is InChI=1S/C9H9F6N3/c1-4-2-5(8(10,11)12)16-7-17-6(3-18(4)7)9(13,14)15/h3-5H,2H2,1H3,(H,16,17). The lowest BCUT2D eigenvalue weighted by molar-refractivity contribution is -0.147. The van der Waals surface area contributed by atoms with Crippen molar-refractivity contribution in [3.05, 3.63) is 11.9 Å². The van der Waals surface area contributed by atoms with E-state index in [2.05, 4.69) is 4.98 Å². The Bertz CT molecular complexity index is 446. The first-order chi connectivity index (χ1) is 8.09. The number of nitrogens with one attached hydrogen (secondary N) is 1. The first kappa shape index (κ1) is 13.0. The number of alkyl halides is 6. The van der Waals surface area contributed by atoms with Gasteiger partial charge in [0.2, 0.25) is 5.95 Å². The van der Waals surface area contributed by atoms with E-state index >= 15 is 0 Å². The number of fused-ring (bicyclic) bond motifs is 1. The molecule has 18 heavy (non-hydrogen) atoms. The minimum absolute atomic E-state index is 0.329. The Morgan fingerprint density at radius 2 is 1.89 bits per heavy atom. The summed E-state index contributed by atoms with van der Waals surface area (Å²) in [5.74, 6) is -0.400. The number of nitrogens with zero attached hydrogens (tertiary/aromatic N) is 2. The summed E-state index contributed by atoms with van der Waals surface area (Å²) in [5, 5.41) is 1.99. The molecule has 9 heteroatoms. The Balaban J connectivity index is 2.34. The molecule has 2 atom stereocenters. The van der Waals surface area contributed by atoms with E-state index in [4.69, 9.17) is 0 Å². The average molecular weight is 273 g/mol. The van der Waals surface area contributed by atoms with Crippen LogP contribution in [0.1, 0.15) is 25.1 Å². The van der Waals surface area contributed by atoms with Gasteiger partial charge < -0.3 is 9.88 Å². The summed E-state index contributed by atoms with van der Waals surface area (Å²) in [7, 11) is 0. The normalized spacial score (nSPS) is 24.6. The molecule has 0 spiro atoms. The van der Waals surface area contributed by atoms with Crippen molar-refractivity contribution in [3.8, 4) is 0 Å². The SMILES string of the molecule is CC1CC(C(F)(F)F)Nc2nc(C(F)(F)F)cn21. The van der Waals surface area contributed by atoms with Crippen molar-refractivity contribution < 1.29 is 26.3 Å². The Hall–Kier alpha value is -1.41. The van der Waals surface area contributed by atoms with Crippen molar-refractivity contribution in [1.29, 1.82) is 0 Å². The van der Waals surface area contributed by atoms with E-state index in [0.717, 1.165) is 10.8 Å². The lowest BCUT2D eigenvalue weighted by atomic mass is 10.1. The number of hydrogen-bond donors (Lipinski definition) is 1. The summed E-state index contributed by atoms with van der Waals surface area (Å²) in [6.07, 6.45) is -8.78. The second kappa shape index (κ2) is 3.79. The summed E-state index contributed by atoms with van der Waals surface area (Å²) in [6, 6.07) is -2.57. The second-order valence-corrected chi connectivity index (χ2v) is 4.18. The third-order valence-corrected chi connectivity index (χ3v) is 2.77. The molecule has 1 aromatic heterocycles. The molecule has 1 aromatic rings. The van der Waals surface area contributed by atoms with Crippen LogP contribution in [0, 0.1) is 0 Å². The van der Waals surface area contributed by atoms with Gasteiger partial charge in [-0.25, -0.2) is 4.98 Å². The van der Waals surface area contributed by atoms with Crippen molar-refractivity contribution in [1.82, 2.24) is 9.55 Å². The van der Waals surface area contributed by atoms with Crippen LogP contribution in [0.25, 0.3) is 0 Å². The molecule has 0 saturated carbocycles. The van der Waals surface area contributed by atoms with Crippen LogP contribution in [0.4, 0.5) is 32.3 Å². The lowest BCUT2D eigenvalue weighted by Gasteiger charge is -2.31. The Morgan fingerprint density at radius 1 is 1.28 bits per heavy atom. The topological polar surface area (TPSA) is 29.9 Å². The molecule has 0 radical (unpaired) electrons. The predicted octanol–water partition coefficient (Wildman–Crippen LogP) is 3.21. The van der Waals surface area contributed by atoms with Gasteiger partial charge in [0.25, 0.3) is 0 Å². The van der Waals surface area contributed by atoms with Gasteiger partial charge in [0, 0.05) is 12.2 Å². The summed E-state index contributed by atoms with van der Waals surface area (Å²) in [6.45, 7) is 1.42. The van der Waals surface area contributed by atoms with Crippen molar-refractivity contribution in [2.24, 2.45) is 0 Å². The van der Waals surface area contributed by atoms with E-state index in [9.17, 15) is 26.3 Å². The van der Waals surface area contributed by atoms with Crippen LogP contribution in [0.2, 0.25) is 0 Å². The summed E-state index contributed by atoms with van der Waals surface area (Å²) < 4.78 is 75.9. The van der Waals surface area contributed by atoms with Crippen LogP contribution < -0.4 is 5.32 Å². The highest BCUT2D eigenvalue weighted by molar-refractivity contribution is 5.35. The van der Waals surface area contributed by atoms with Crippen molar-refractivity contribution >= 4 is 5.95 Å². The Morgan fingerprint density at radius 3 is 2.39 bits per heavy atom. The number of anilines is 1. The number of imidazole rings is 1. The Kier molecular flexibility index (Phi) is 2.74. The van der Waals surface area contributed by atoms with Gasteiger partial charge in [-0.3, -0.25) is 0 Å². The van der Waals surface area contributed by atoms with Crippen LogP contribution in [-0.2, 0) is 6.18 Å². The maximum Gasteiger partial charge on any atom is 0.434 e. The quantitative estimate of drug-likeness (QED) is 0.735. The van der Waals surface area contributed by atoms with Gasteiger partial charge >= 0.3 is 12.4 Å². The maximum absolute atomic E-state index is 12.5. The zero-order valence-electron chi connectivity index (χ0n) is 9.10. The van der Waals surface area contributed by atoms with Crippen LogP contribution in [0.3, 0.4) is 0 Å². The number of aromatic nitrogens is 2. The fourth-order valence-corrected chi connectivity index (χ4v) is 1.86. The zero-order valence-corrected chi connectivity index (χ0v) is 9.10. The van der Waals surface area contributed by atoms with Gasteiger partial charge in [0.1, 0.15) is 6.04 Å². The number of halogens is 6. The van der Waals surface area contributed by atoms with E-state index in [-0.39, 0.29) is 6.42 Å². The number of rotatable bonds is 0. The monoisotopic (exact) mass is 273 g/mol. The molecular formula is C9H9F6N3. The van der Waals surface area contributed by atoms with Gasteiger partial charge in [-0.1, -0.05) is 0 Å². The predicted molar refractivity (Wildman–Crippen MR) is 50.0 cm³/mol.